The van der Waals surface area contributed by atoms with Gasteiger partial charge >= 0.3 is 0 Å². The highest BCUT2D eigenvalue weighted by Gasteiger charge is 2.18. The minimum Gasteiger partial charge on any atom is -0.355 e. The summed E-state index contributed by atoms with van der Waals surface area (Å²) in [5.41, 5.74) is 0. The lowest BCUT2D eigenvalue weighted by molar-refractivity contribution is -0.125. The molecule has 0 aromatic carbocycles. The minimum atomic E-state index is 0.295. The van der Waals surface area contributed by atoms with E-state index >= 15 is 0 Å². The van der Waals surface area contributed by atoms with Crippen LogP contribution < -0.4 is 5.32 Å². The zero-order chi connectivity index (χ0) is 10.2. The second-order valence-electron chi connectivity index (χ2n) is 4.02. The molecule has 14 heavy (non-hydrogen) atoms. The van der Waals surface area contributed by atoms with Gasteiger partial charge in [0.05, 0.1) is 0 Å². The van der Waals surface area contributed by atoms with Crippen LogP contribution in [0.2, 0.25) is 0 Å². The lowest BCUT2D eigenvalue weighted by Crippen LogP contribution is -2.32. The smallest absolute Gasteiger partial charge is 0.223 e. The Kier molecular flexibility index (Phi) is 6.56. The number of amides is 1. The zero-order valence-corrected chi connectivity index (χ0v) is 10.9. The Morgan fingerprint density at radius 3 is 2.29 bits per heavy atom. The highest BCUT2D eigenvalue weighted by Crippen LogP contribution is 2.22. The van der Waals surface area contributed by atoms with Gasteiger partial charge in [-0.2, -0.15) is 0 Å². The average molecular weight is 309 g/mol. The first-order valence-electron chi connectivity index (χ1n) is 5.68. The Labute approximate surface area is 100 Å². The van der Waals surface area contributed by atoms with Gasteiger partial charge in [0, 0.05) is 16.9 Å². The number of carbonyl (C=O) groups is 1. The van der Waals surface area contributed by atoms with Crippen LogP contribution in [0.15, 0.2) is 0 Å². The zero-order valence-electron chi connectivity index (χ0n) is 8.73. The first-order valence-corrected chi connectivity index (χ1v) is 7.21. The number of halogens is 1. The first-order chi connectivity index (χ1) is 6.84. The van der Waals surface area contributed by atoms with Crippen molar-refractivity contribution in [3.05, 3.63) is 0 Å². The molecule has 2 nitrogen and oxygen atoms in total. The summed E-state index contributed by atoms with van der Waals surface area (Å²) >= 11 is 2.29. The number of alkyl halides is 1. The van der Waals surface area contributed by atoms with Crippen molar-refractivity contribution in [2.24, 2.45) is 5.92 Å². The second-order valence-corrected chi connectivity index (χ2v) is 5.10. The van der Waals surface area contributed by atoms with Crippen molar-refractivity contribution < 1.29 is 4.79 Å². The van der Waals surface area contributed by atoms with E-state index in [2.05, 4.69) is 27.9 Å². The van der Waals surface area contributed by atoms with Crippen LogP contribution in [0, 0.1) is 5.92 Å². The van der Waals surface area contributed by atoms with E-state index in [1.807, 2.05) is 0 Å². The van der Waals surface area contributed by atoms with Crippen LogP contribution in [0.3, 0.4) is 0 Å². The van der Waals surface area contributed by atoms with Gasteiger partial charge in [0.15, 0.2) is 0 Å². The standard InChI is InChI=1S/C11H20INO/c12-8-9-13-11(14)10-6-4-2-1-3-5-7-10/h10H,1-9H2,(H,13,14). The predicted molar refractivity (Wildman–Crippen MR) is 67.7 cm³/mol. The van der Waals surface area contributed by atoms with Gasteiger partial charge in [0.2, 0.25) is 5.91 Å². The number of carbonyl (C=O) groups excluding carboxylic acids is 1. The van der Waals surface area contributed by atoms with E-state index in [1.54, 1.807) is 0 Å². The fourth-order valence-electron chi connectivity index (χ4n) is 2.03. The van der Waals surface area contributed by atoms with Gasteiger partial charge in [-0.25, -0.2) is 0 Å². The largest absolute Gasteiger partial charge is 0.355 e. The van der Waals surface area contributed by atoms with Crippen molar-refractivity contribution in [3.8, 4) is 0 Å². The van der Waals surface area contributed by atoms with Crippen LogP contribution in [0.25, 0.3) is 0 Å². The van der Waals surface area contributed by atoms with E-state index < -0.39 is 0 Å². The van der Waals surface area contributed by atoms with E-state index in [1.165, 1.54) is 32.1 Å². The maximum absolute atomic E-state index is 11.7. The van der Waals surface area contributed by atoms with Crippen molar-refractivity contribution in [1.82, 2.24) is 5.32 Å². The van der Waals surface area contributed by atoms with Crippen molar-refractivity contribution >= 4 is 28.5 Å². The normalized spacial score (nSPS) is 19.8. The number of nitrogens with one attached hydrogen (secondary N) is 1. The Morgan fingerprint density at radius 2 is 1.71 bits per heavy atom. The molecule has 0 unspecified atom stereocenters. The summed E-state index contributed by atoms with van der Waals surface area (Å²) < 4.78 is 1.01. The van der Waals surface area contributed by atoms with E-state index in [0.717, 1.165) is 23.8 Å². The molecule has 0 heterocycles. The van der Waals surface area contributed by atoms with Crippen molar-refractivity contribution in [3.63, 3.8) is 0 Å². The summed E-state index contributed by atoms with van der Waals surface area (Å²) in [6.07, 6.45) is 8.68. The molecule has 3 heteroatoms. The van der Waals surface area contributed by atoms with Gasteiger partial charge in [-0.3, -0.25) is 4.79 Å². The molecule has 0 spiro atoms. The lowest BCUT2D eigenvalue weighted by Gasteiger charge is -2.18. The van der Waals surface area contributed by atoms with Crippen molar-refractivity contribution in [1.29, 1.82) is 0 Å². The van der Waals surface area contributed by atoms with E-state index in [4.69, 9.17) is 0 Å². The van der Waals surface area contributed by atoms with Crippen LogP contribution in [0.5, 0.6) is 0 Å². The molecule has 0 aliphatic heterocycles. The molecular formula is C11H20INO. The Hall–Kier alpha value is 0.200. The molecule has 0 aromatic heterocycles. The monoisotopic (exact) mass is 309 g/mol. The lowest BCUT2D eigenvalue weighted by atomic mass is 9.90. The average Bonchev–Trinajstić information content (AvgIpc) is 2.13. The molecule has 1 saturated carbocycles. The summed E-state index contributed by atoms with van der Waals surface area (Å²) in [6, 6.07) is 0. The van der Waals surface area contributed by atoms with E-state index in [-0.39, 0.29) is 0 Å². The summed E-state index contributed by atoms with van der Waals surface area (Å²) in [5.74, 6) is 0.599. The van der Waals surface area contributed by atoms with Gasteiger partial charge in [0.25, 0.3) is 0 Å². The van der Waals surface area contributed by atoms with Crippen LogP contribution in [-0.2, 0) is 4.79 Å². The Morgan fingerprint density at radius 1 is 1.14 bits per heavy atom. The van der Waals surface area contributed by atoms with Gasteiger partial charge in [0.1, 0.15) is 0 Å². The minimum absolute atomic E-state index is 0.295. The highest BCUT2D eigenvalue weighted by atomic mass is 127. The molecule has 0 bridgehead atoms. The van der Waals surface area contributed by atoms with Gasteiger partial charge < -0.3 is 5.32 Å². The molecule has 0 saturated heterocycles. The van der Waals surface area contributed by atoms with E-state index in [9.17, 15) is 4.79 Å². The molecule has 82 valence electrons. The molecule has 0 aromatic rings. The van der Waals surface area contributed by atoms with Crippen LogP contribution in [-0.4, -0.2) is 16.9 Å². The number of rotatable bonds is 3. The Balaban J connectivity index is 2.27. The third-order valence-electron chi connectivity index (χ3n) is 2.87. The third-order valence-corrected chi connectivity index (χ3v) is 3.41. The number of hydrogen-bond acceptors (Lipinski definition) is 1. The SMILES string of the molecule is O=C(NCCI)C1CCCCCCC1. The summed E-state index contributed by atoms with van der Waals surface area (Å²) in [4.78, 5) is 11.7. The second kappa shape index (κ2) is 7.49. The summed E-state index contributed by atoms with van der Waals surface area (Å²) in [7, 11) is 0. The summed E-state index contributed by atoms with van der Waals surface area (Å²) in [6.45, 7) is 0.829. The molecule has 1 amide bonds. The predicted octanol–water partition coefficient (Wildman–Crippen LogP) is 2.90. The van der Waals surface area contributed by atoms with Crippen molar-refractivity contribution in [2.75, 3.05) is 11.0 Å². The topological polar surface area (TPSA) is 29.1 Å². The molecule has 1 fully saturated rings. The highest BCUT2D eigenvalue weighted by molar-refractivity contribution is 14.1. The third kappa shape index (κ3) is 4.62. The van der Waals surface area contributed by atoms with Gasteiger partial charge in [-0.05, 0) is 12.8 Å². The van der Waals surface area contributed by atoms with Crippen LogP contribution in [0.1, 0.15) is 44.9 Å². The number of hydrogen-bond donors (Lipinski definition) is 1. The van der Waals surface area contributed by atoms with Gasteiger partial charge in [-0.1, -0.05) is 54.7 Å². The molecule has 1 N–H and O–H groups in total. The van der Waals surface area contributed by atoms with Gasteiger partial charge in [-0.15, -0.1) is 0 Å². The summed E-state index contributed by atoms with van der Waals surface area (Å²) in [5, 5.41) is 3.00. The van der Waals surface area contributed by atoms with Crippen molar-refractivity contribution in [2.45, 2.75) is 44.9 Å². The Bertz CT molecular complexity index is 165. The quantitative estimate of drug-likeness (QED) is 0.630. The molecule has 0 radical (unpaired) electrons. The molecule has 1 aliphatic rings. The van der Waals surface area contributed by atoms with Crippen LogP contribution >= 0.6 is 22.6 Å². The van der Waals surface area contributed by atoms with E-state index in [0.29, 0.717) is 11.8 Å². The molecular weight excluding hydrogens is 289 g/mol. The maximum atomic E-state index is 11.7. The van der Waals surface area contributed by atoms with Crippen LogP contribution in [0.4, 0.5) is 0 Å². The fourth-order valence-corrected chi connectivity index (χ4v) is 2.30. The fraction of sp³-hybridized carbons (Fsp3) is 0.909. The first kappa shape index (κ1) is 12.3. The molecule has 1 aliphatic carbocycles. The maximum Gasteiger partial charge on any atom is 0.223 e. The molecule has 1 rings (SSSR count). The molecule has 0 atom stereocenters.